The Morgan fingerprint density at radius 2 is 1.77 bits per heavy atom. The van der Waals surface area contributed by atoms with Crippen molar-refractivity contribution >= 4 is 10.1 Å². The predicted octanol–water partition coefficient (Wildman–Crippen LogP) is 1.32. The van der Waals surface area contributed by atoms with Crippen LogP contribution in [0.3, 0.4) is 0 Å². The molecule has 5 nitrogen and oxygen atoms in total. The molecule has 2 aromatic carbocycles. The van der Waals surface area contributed by atoms with E-state index in [4.69, 9.17) is 9.29 Å². The molecule has 0 saturated heterocycles. The molecule has 0 aromatic heterocycles. The molecule has 0 aliphatic rings. The van der Waals surface area contributed by atoms with E-state index in [9.17, 15) is 13.5 Å². The van der Waals surface area contributed by atoms with Gasteiger partial charge >= 0.3 is 29.6 Å². The number of rotatable bonds is 9. The van der Waals surface area contributed by atoms with Crippen molar-refractivity contribution in [3.63, 3.8) is 0 Å². The van der Waals surface area contributed by atoms with Crippen molar-refractivity contribution in [2.45, 2.75) is 50.3 Å². The molecule has 26 heavy (non-hydrogen) atoms. The van der Waals surface area contributed by atoms with Gasteiger partial charge in [0.1, 0.15) is 11.5 Å². The van der Waals surface area contributed by atoms with Crippen molar-refractivity contribution < 1.29 is 52.4 Å². The van der Waals surface area contributed by atoms with E-state index >= 15 is 0 Å². The van der Waals surface area contributed by atoms with Gasteiger partial charge < -0.3 is 9.84 Å². The molecule has 0 fully saturated rings. The van der Waals surface area contributed by atoms with Gasteiger partial charge in [-0.1, -0.05) is 50.8 Å². The van der Waals surface area contributed by atoms with E-state index in [1.165, 1.54) is 49.6 Å². The fourth-order valence-corrected chi connectivity index (χ4v) is 3.10. The fourth-order valence-electron chi connectivity index (χ4n) is 2.58. The largest absolute Gasteiger partial charge is 1.00 e. The third kappa shape index (κ3) is 7.29. The molecule has 0 spiro atoms. The van der Waals surface area contributed by atoms with E-state index in [2.05, 4.69) is 6.92 Å². The van der Waals surface area contributed by atoms with E-state index in [0.29, 0.717) is 5.75 Å². The molecule has 0 saturated carbocycles. The van der Waals surface area contributed by atoms with E-state index in [1.54, 1.807) is 12.1 Å². The van der Waals surface area contributed by atoms with Crippen LogP contribution in [0.2, 0.25) is 0 Å². The van der Waals surface area contributed by atoms with Crippen molar-refractivity contribution in [3.05, 3.63) is 48.0 Å². The Bertz CT molecular complexity index is 805. The minimum absolute atomic E-state index is 0. The van der Waals surface area contributed by atoms with Crippen LogP contribution < -0.4 is 39.4 Å². The van der Waals surface area contributed by atoms with E-state index in [0.717, 1.165) is 24.8 Å². The first kappa shape index (κ1) is 23.0. The van der Waals surface area contributed by atoms with Gasteiger partial charge in [-0.05, 0) is 36.6 Å². The first-order valence-electron chi connectivity index (χ1n) is 8.45. The molecule has 7 heteroatoms. The van der Waals surface area contributed by atoms with Crippen LogP contribution in [0.15, 0.2) is 47.4 Å². The summed E-state index contributed by atoms with van der Waals surface area (Å²) in [5, 5.41) is 11.7. The summed E-state index contributed by atoms with van der Waals surface area (Å²) in [6, 6.07) is 10.2. The summed E-state index contributed by atoms with van der Waals surface area (Å²) in [4.78, 5) is -0.246. The quantitative estimate of drug-likeness (QED) is 0.399. The summed E-state index contributed by atoms with van der Waals surface area (Å²) in [5.74, 6) is 0.513. The second-order valence-electron chi connectivity index (χ2n) is 5.99. The zero-order valence-electron chi connectivity index (χ0n) is 15.3. The molecule has 0 unspecified atom stereocenters. The number of unbranched alkanes of at least 4 members (excludes halogenated alkanes) is 4. The molecule has 136 valence electrons. The van der Waals surface area contributed by atoms with Crippen LogP contribution in [0.5, 0.6) is 17.2 Å². The summed E-state index contributed by atoms with van der Waals surface area (Å²) in [6.45, 7) is 2.17. The Hall–Kier alpha value is -1.05. The van der Waals surface area contributed by atoms with E-state index < -0.39 is 10.1 Å². The molecular formula is C19H23NaO5S. The zero-order valence-corrected chi connectivity index (χ0v) is 18.1. The Morgan fingerprint density at radius 3 is 2.46 bits per heavy atom. The summed E-state index contributed by atoms with van der Waals surface area (Å²) >= 11 is 0. The van der Waals surface area contributed by atoms with E-state index in [1.807, 2.05) is 0 Å². The van der Waals surface area contributed by atoms with Crippen molar-refractivity contribution in [2.24, 2.45) is 0 Å². The molecule has 0 aliphatic heterocycles. The Balaban J connectivity index is 0.00000338. The third-order valence-electron chi connectivity index (χ3n) is 3.92. The zero-order chi connectivity index (χ0) is 18.3. The van der Waals surface area contributed by atoms with Gasteiger partial charge in [0, 0.05) is 6.07 Å². The first-order valence-corrected chi connectivity index (χ1v) is 9.89. The second-order valence-corrected chi connectivity index (χ2v) is 7.41. The maximum atomic E-state index is 11.7. The number of hydrogen-bond donors (Lipinski definition) is 1. The number of hydrogen-bond acceptors (Lipinski definition) is 4. The molecule has 0 heterocycles. The van der Waals surface area contributed by atoms with Gasteiger partial charge in [0.05, 0.1) is 4.90 Å². The maximum absolute atomic E-state index is 11.7. The molecule has 0 radical (unpaired) electrons. The van der Waals surface area contributed by atoms with Gasteiger partial charge in [-0.25, -0.2) is 0 Å². The fraction of sp³-hybridized carbons (Fsp3) is 0.368. The average Bonchev–Trinajstić information content (AvgIpc) is 2.56. The summed E-state index contributed by atoms with van der Waals surface area (Å²) in [5.41, 5.74) is 0.911. The molecule has 0 atom stereocenters. The summed E-state index contributed by atoms with van der Waals surface area (Å²) in [7, 11) is -4.30. The molecule has 0 amide bonds. The van der Waals surface area contributed by atoms with Crippen LogP contribution in [-0.4, -0.2) is 13.0 Å². The van der Waals surface area contributed by atoms with Crippen LogP contribution in [0.4, 0.5) is 0 Å². The van der Waals surface area contributed by atoms with Gasteiger partial charge in [-0.3, -0.25) is 4.55 Å². The third-order valence-corrected chi connectivity index (χ3v) is 4.77. The predicted molar refractivity (Wildman–Crippen MR) is 94.7 cm³/mol. The average molecular weight is 386 g/mol. The molecule has 0 aliphatic carbocycles. The molecular weight excluding hydrogens is 363 g/mol. The van der Waals surface area contributed by atoms with Crippen molar-refractivity contribution in [1.82, 2.24) is 0 Å². The first-order chi connectivity index (χ1) is 11.9. The van der Waals surface area contributed by atoms with Crippen molar-refractivity contribution in [2.75, 3.05) is 0 Å². The van der Waals surface area contributed by atoms with Crippen LogP contribution in [0.25, 0.3) is 0 Å². The van der Waals surface area contributed by atoms with Crippen molar-refractivity contribution in [1.29, 1.82) is 0 Å². The normalized spacial score (nSPS) is 11.0. The molecule has 1 N–H and O–H groups in total. The number of benzene rings is 2. The standard InChI is InChI=1S/C19H24O5S.Na/c1-2-3-4-5-6-8-15-11-12-16(20)13-19(15)24-17-9-7-10-18(14-17)25(21,22)23;/h7,9-14,20H,2-6,8H2,1H3,(H,21,22,23);/q;+1/p-1. The summed E-state index contributed by atoms with van der Waals surface area (Å²) in [6.07, 6.45) is 6.49. The smallest absolute Gasteiger partial charge is 0.872 e. The number of aryl methyl sites for hydroxylation is 1. The Morgan fingerprint density at radius 1 is 1.04 bits per heavy atom. The SMILES string of the molecule is CCCCCCCc1ccc([O-])cc1Oc1cccc(S(=O)(=O)O)c1.[Na+]. The summed E-state index contributed by atoms with van der Waals surface area (Å²) < 4.78 is 37.3. The van der Waals surface area contributed by atoms with E-state index in [-0.39, 0.29) is 46.0 Å². The van der Waals surface area contributed by atoms with Gasteiger partial charge in [-0.15, -0.1) is 5.75 Å². The maximum Gasteiger partial charge on any atom is 1.00 e. The van der Waals surface area contributed by atoms with Gasteiger partial charge in [0.2, 0.25) is 0 Å². The molecule has 0 bridgehead atoms. The molecule has 2 aromatic rings. The second kappa shape index (κ2) is 10.9. The minimum atomic E-state index is -4.30. The number of ether oxygens (including phenoxy) is 1. The van der Waals surface area contributed by atoms with Crippen LogP contribution in [0, 0.1) is 0 Å². The van der Waals surface area contributed by atoms with Crippen molar-refractivity contribution in [3.8, 4) is 17.2 Å². The molecule has 2 rings (SSSR count). The van der Waals surface area contributed by atoms with Crippen LogP contribution in [0.1, 0.15) is 44.6 Å². The monoisotopic (exact) mass is 386 g/mol. The van der Waals surface area contributed by atoms with Gasteiger partial charge in [-0.2, -0.15) is 8.42 Å². The topological polar surface area (TPSA) is 86.7 Å². The van der Waals surface area contributed by atoms with Crippen LogP contribution >= 0.6 is 0 Å². The Kier molecular flexibility index (Phi) is 9.68. The van der Waals surface area contributed by atoms with Gasteiger partial charge in [0.25, 0.3) is 10.1 Å². The minimum Gasteiger partial charge on any atom is -0.872 e. The Labute approximate surface area is 177 Å². The van der Waals surface area contributed by atoms with Gasteiger partial charge in [0.15, 0.2) is 0 Å². The van der Waals surface area contributed by atoms with Crippen LogP contribution in [-0.2, 0) is 16.5 Å².